The number of nitrogens with one attached hydrogen (secondary N) is 3. The summed E-state index contributed by atoms with van der Waals surface area (Å²) in [6, 6.07) is 20.7. The maximum Gasteiger partial charge on any atom is 0.262 e. The van der Waals surface area contributed by atoms with Crippen molar-refractivity contribution in [2.75, 3.05) is 29.0 Å². The summed E-state index contributed by atoms with van der Waals surface area (Å²) >= 11 is 6.29. The molecule has 0 saturated carbocycles. The second kappa shape index (κ2) is 12.1. The minimum Gasteiger partial charge on any atom is -0.497 e. The van der Waals surface area contributed by atoms with Crippen LogP contribution in [0.25, 0.3) is 0 Å². The Hall–Kier alpha value is -4.26. The summed E-state index contributed by atoms with van der Waals surface area (Å²) in [7, 11) is -4.96. The number of methoxy groups -OCH3 is 2. The number of ether oxygens (including phenoxy) is 2. The number of aryl methyl sites for hydroxylation is 1. The monoisotopic (exact) mass is 615 g/mol. The molecule has 0 aliphatic carbocycles. The minimum atomic E-state index is -3.99. The van der Waals surface area contributed by atoms with Gasteiger partial charge >= 0.3 is 0 Å². The van der Waals surface area contributed by atoms with Crippen LogP contribution in [0.2, 0.25) is 5.02 Å². The molecule has 0 aliphatic heterocycles. The van der Waals surface area contributed by atoms with Gasteiger partial charge in [0.2, 0.25) is 0 Å². The third kappa shape index (κ3) is 7.09. The highest BCUT2D eigenvalue weighted by Gasteiger charge is 2.19. The average Bonchev–Trinajstić information content (AvgIpc) is 2.93. The second-order valence-electron chi connectivity index (χ2n) is 8.76. The van der Waals surface area contributed by atoms with Gasteiger partial charge in [-0.15, -0.1) is 0 Å². The van der Waals surface area contributed by atoms with Crippen molar-refractivity contribution in [3.63, 3.8) is 0 Å². The van der Waals surface area contributed by atoms with Crippen LogP contribution in [0, 0.1) is 6.92 Å². The molecule has 3 N–H and O–H groups in total. The van der Waals surface area contributed by atoms with Gasteiger partial charge in [0, 0.05) is 11.8 Å². The van der Waals surface area contributed by atoms with E-state index in [1.807, 2.05) is 6.92 Å². The molecule has 0 bridgehead atoms. The molecule has 0 unspecified atom stereocenters. The first-order chi connectivity index (χ1) is 19.4. The summed E-state index contributed by atoms with van der Waals surface area (Å²) in [6.45, 7) is 1.85. The van der Waals surface area contributed by atoms with Gasteiger partial charge < -0.3 is 14.8 Å². The van der Waals surface area contributed by atoms with Crippen molar-refractivity contribution in [1.82, 2.24) is 0 Å². The number of benzene rings is 4. The summed E-state index contributed by atoms with van der Waals surface area (Å²) in [6.07, 6.45) is 0. The predicted molar refractivity (Wildman–Crippen MR) is 158 cm³/mol. The number of sulfonamides is 2. The van der Waals surface area contributed by atoms with E-state index >= 15 is 0 Å². The lowest BCUT2D eigenvalue weighted by Crippen LogP contribution is -2.15. The Morgan fingerprint density at radius 2 is 1.29 bits per heavy atom. The minimum absolute atomic E-state index is 0.0160. The van der Waals surface area contributed by atoms with Crippen molar-refractivity contribution in [2.45, 2.75) is 16.7 Å². The zero-order valence-electron chi connectivity index (χ0n) is 22.1. The number of hydrogen-bond donors (Lipinski definition) is 3. The van der Waals surface area contributed by atoms with Crippen LogP contribution in [-0.4, -0.2) is 37.0 Å². The van der Waals surface area contributed by atoms with E-state index in [-0.39, 0.29) is 31.8 Å². The molecule has 1 amide bonds. The van der Waals surface area contributed by atoms with E-state index in [9.17, 15) is 21.6 Å². The molecule has 0 fully saturated rings. The molecule has 0 saturated heterocycles. The Kier molecular flexibility index (Phi) is 8.76. The van der Waals surface area contributed by atoms with Crippen molar-refractivity contribution in [3.8, 4) is 11.5 Å². The molecular formula is C28H26ClN3O7S2. The van der Waals surface area contributed by atoms with Crippen molar-refractivity contribution in [2.24, 2.45) is 0 Å². The standard InChI is InChI=1S/C28H26ClN3O7S2/c1-18-4-10-22(11-5-18)40(34,35)31-20-8-14-24(25(29)16-20)28(33)30-19-6-12-23(13-7-19)41(36,37)32-26-17-21(38-2)9-15-27(26)39-3/h4-17,31-32H,1-3H3,(H,30,33). The molecule has 0 spiro atoms. The first-order valence-corrected chi connectivity index (χ1v) is 15.3. The lowest BCUT2D eigenvalue weighted by atomic mass is 10.2. The topological polar surface area (TPSA) is 140 Å². The molecule has 4 aromatic carbocycles. The normalized spacial score (nSPS) is 11.4. The van der Waals surface area contributed by atoms with E-state index in [4.69, 9.17) is 21.1 Å². The highest BCUT2D eigenvalue weighted by atomic mass is 35.5. The highest BCUT2D eigenvalue weighted by molar-refractivity contribution is 7.93. The Morgan fingerprint density at radius 3 is 1.88 bits per heavy atom. The van der Waals surface area contributed by atoms with Crippen LogP contribution in [0.5, 0.6) is 11.5 Å². The number of amides is 1. The van der Waals surface area contributed by atoms with Crippen LogP contribution in [0.3, 0.4) is 0 Å². The van der Waals surface area contributed by atoms with Crippen LogP contribution in [0.1, 0.15) is 15.9 Å². The SMILES string of the molecule is COc1ccc(OC)c(NS(=O)(=O)c2ccc(NC(=O)c3ccc(NS(=O)(=O)c4ccc(C)cc4)cc3Cl)cc2)c1. The van der Waals surface area contributed by atoms with Crippen molar-refractivity contribution in [3.05, 3.63) is 101 Å². The maximum absolute atomic E-state index is 12.9. The first kappa shape index (κ1) is 29.7. The summed E-state index contributed by atoms with van der Waals surface area (Å²) in [5.41, 5.74) is 1.70. The third-order valence-corrected chi connectivity index (χ3v) is 8.96. The van der Waals surface area contributed by atoms with E-state index in [1.165, 1.54) is 74.9 Å². The lowest BCUT2D eigenvalue weighted by Gasteiger charge is -2.14. The van der Waals surface area contributed by atoms with E-state index < -0.39 is 26.0 Å². The molecule has 214 valence electrons. The Bertz CT molecular complexity index is 1790. The molecule has 0 atom stereocenters. The third-order valence-electron chi connectivity index (χ3n) is 5.87. The molecule has 0 radical (unpaired) electrons. The summed E-state index contributed by atoms with van der Waals surface area (Å²) in [4.78, 5) is 12.9. The highest BCUT2D eigenvalue weighted by Crippen LogP contribution is 2.31. The van der Waals surface area contributed by atoms with Crippen molar-refractivity contribution >= 4 is 54.6 Å². The van der Waals surface area contributed by atoms with Gasteiger partial charge in [-0.3, -0.25) is 14.2 Å². The van der Waals surface area contributed by atoms with Gasteiger partial charge in [0.25, 0.3) is 26.0 Å². The molecule has 0 aromatic heterocycles. The van der Waals surface area contributed by atoms with Crippen LogP contribution in [0.15, 0.2) is 94.7 Å². The first-order valence-electron chi connectivity index (χ1n) is 12.0. The number of anilines is 3. The summed E-state index contributed by atoms with van der Waals surface area (Å²) in [5, 5.41) is 2.66. The molecular weight excluding hydrogens is 590 g/mol. The quantitative estimate of drug-likeness (QED) is 0.213. The van der Waals surface area contributed by atoms with Crippen LogP contribution in [0.4, 0.5) is 17.1 Å². The predicted octanol–water partition coefficient (Wildman–Crippen LogP) is 5.52. The van der Waals surface area contributed by atoms with Gasteiger partial charge in [-0.2, -0.15) is 0 Å². The van der Waals surface area contributed by atoms with Crippen LogP contribution >= 0.6 is 11.6 Å². The van der Waals surface area contributed by atoms with E-state index in [1.54, 1.807) is 24.3 Å². The number of carbonyl (C=O) groups is 1. The van der Waals surface area contributed by atoms with E-state index in [2.05, 4.69) is 14.8 Å². The maximum atomic E-state index is 12.9. The van der Waals surface area contributed by atoms with Crippen molar-refractivity contribution in [1.29, 1.82) is 0 Å². The molecule has 4 aromatic rings. The number of hydrogen-bond acceptors (Lipinski definition) is 7. The van der Waals surface area contributed by atoms with Crippen LogP contribution in [-0.2, 0) is 20.0 Å². The molecule has 10 nitrogen and oxygen atoms in total. The van der Waals surface area contributed by atoms with Crippen molar-refractivity contribution < 1.29 is 31.1 Å². The number of carbonyl (C=O) groups excluding carboxylic acids is 1. The number of rotatable bonds is 10. The van der Waals surface area contributed by atoms with Gasteiger partial charge in [-0.05, 0) is 73.7 Å². The Labute approximate surface area is 243 Å². The Balaban J connectivity index is 1.45. The van der Waals surface area contributed by atoms with E-state index in [0.29, 0.717) is 17.2 Å². The van der Waals surface area contributed by atoms with Gasteiger partial charge in [-0.25, -0.2) is 16.8 Å². The fourth-order valence-corrected chi connectivity index (χ4v) is 6.08. The van der Waals surface area contributed by atoms with Crippen LogP contribution < -0.4 is 24.2 Å². The number of halogens is 1. The molecule has 13 heteroatoms. The summed E-state index contributed by atoms with van der Waals surface area (Å²) in [5.74, 6) is 0.179. The van der Waals surface area contributed by atoms with Gasteiger partial charge in [0.05, 0.1) is 46.0 Å². The molecule has 41 heavy (non-hydrogen) atoms. The van der Waals surface area contributed by atoms with Gasteiger partial charge in [0.15, 0.2) is 0 Å². The van der Waals surface area contributed by atoms with Gasteiger partial charge in [-0.1, -0.05) is 29.3 Å². The summed E-state index contributed by atoms with van der Waals surface area (Å²) < 4.78 is 66.5. The smallest absolute Gasteiger partial charge is 0.262 e. The lowest BCUT2D eigenvalue weighted by molar-refractivity contribution is 0.102. The molecule has 0 heterocycles. The molecule has 0 aliphatic rings. The largest absolute Gasteiger partial charge is 0.497 e. The van der Waals surface area contributed by atoms with E-state index in [0.717, 1.165) is 5.56 Å². The zero-order valence-corrected chi connectivity index (χ0v) is 24.5. The second-order valence-corrected chi connectivity index (χ2v) is 12.5. The average molecular weight is 616 g/mol. The molecule has 4 rings (SSSR count). The van der Waals surface area contributed by atoms with Gasteiger partial charge in [0.1, 0.15) is 11.5 Å². The Morgan fingerprint density at radius 1 is 0.707 bits per heavy atom. The fraction of sp³-hybridized carbons (Fsp3) is 0.107. The fourth-order valence-electron chi connectivity index (χ4n) is 3.71. The zero-order chi connectivity index (χ0) is 29.8.